The molecule has 0 saturated carbocycles. The monoisotopic (exact) mass is 363 g/mol. The Hall–Kier alpha value is -3.34. The molecular weight excluding hydrogens is 338 g/mol. The Bertz CT molecular complexity index is 893. The minimum atomic E-state index is -0.422. The zero-order chi connectivity index (χ0) is 19.8. The lowest BCUT2D eigenvalue weighted by Gasteiger charge is -2.08. The highest BCUT2D eigenvalue weighted by Crippen LogP contribution is 2.23. The van der Waals surface area contributed by atoms with Crippen LogP contribution < -0.4 is 16.2 Å². The van der Waals surface area contributed by atoms with Gasteiger partial charge < -0.3 is 16.2 Å². The molecule has 1 aromatic heterocycles. The highest BCUT2D eigenvalue weighted by molar-refractivity contribution is 5.94. The van der Waals surface area contributed by atoms with Crippen molar-refractivity contribution in [2.24, 2.45) is 5.73 Å². The topological polar surface area (TPSA) is 91.2 Å². The normalized spacial score (nSPS) is 10.1. The summed E-state index contributed by atoms with van der Waals surface area (Å²) in [5.74, 6) is 1.50. The van der Waals surface area contributed by atoms with Gasteiger partial charge in [-0.1, -0.05) is 32.0 Å². The molecule has 0 saturated heterocycles. The molecule has 1 heterocycles. The van der Waals surface area contributed by atoms with Crippen molar-refractivity contribution in [1.29, 1.82) is 0 Å². The first-order valence-electron chi connectivity index (χ1n) is 8.71. The fraction of sp³-hybridized carbons (Fsp3) is 0.182. The summed E-state index contributed by atoms with van der Waals surface area (Å²) < 4.78 is 5.64. The number of ether oxygens (including phenoxy) is 1. The second kappa shape index (κ2) is 9.38. The molecule has 4 N–H and O–H groups in total. The molecule has 0 spiro atoms. The van der Waals surface area contributed by atoms with Crippen LogP contribution in [-0.2, 0) is 0 Å². The van der Waals surface area contributed by atoms with Crippen LogP contribution >= 0.6 is 0 Å². The van der Waals surface area contributed by atoms with Crippen molar-refractivity contribution in [3.63, 3.8) is 0 Å². The molecule has 140 valence electrons. The molecule has 0 bridgehead atoms. The molecule has 0 radical (unpaired) electrons. The van der Waals surface area contributed by atoms with E-state index in [2.05, 4.69) is 18.8 Å². The van der Waals surface area contributed by atoms with Crippen molar-refractivity contribution in [1.82, 2.24) is 4.98 Å². The smallest absolute Gasteiger partial charge is 0.248 e. The van der Waals surface area contributed by atoms with E-state index in [1.54, 1.807) is 30.5 Å². The van der Waals surface area contributed by atoms with Crippen LogP contribution in [0.1, 0.15) is 41.4 Å². The number of amides is 1. The first-order valence-corrected chi connectivity index (χ1v) is 8.71. The molecule has 5 heteroatoms. The first-order chi connectivity index (χ1) is 12.9. The number of rotatable bonds is 4. The fourth-order valence-corrected chi connectivity index (χ4v) is 2.38. The Morgan fingerprint density at radius 1 is 1.00 bits per heavy atom. The Morgan fingerprint density at radius 2 is 1.70 bits per heavy atom. The molecule has 0 aliphatic heterocycles. The molecule has 1 amide bonds. The number of aromatic nitrogens is 1. The second-order valence-electron chi connectivity index (χ2n) is 6.42. The lowest BCUT2D eigenvalue weighted by Crippen LogP contribution is -2.12. The SMILES string of the molecule is CC(C)c1cc(N)ccn1.Cc1cc(Oc2ccccc2)ccc1C(N)=O. The van der Waals surface area contributed by atoms with Crippen molar-refractivity contribution < 1.29 is 9.53 Å². The summed E-state index contributed by atoms with van der Waals surface area (Å²) in [5, 5.41) is 0. The first kappa shape index (κ1) is 20.0. The maximum Gasteiger partial charge on any atom is 0.248 e. The maximum absolute atomic E-state index is 11.1. The number of nitrogens with two attached hydrogens (primary N) is 2. The summed E-state index contributed by atoms with van der Waals surface area (Å²) in [6, 6.07) is 18.4. The Kier molecular flexibility index (Phi) is 6.94. The van der Waals surface area contributed by atoms with Gasteiger partial charge in [-0.3, -0.25) is 9.78 Å². The number of carbonyl (C=O) groups is 1. The zero-order valence-electron chi connectivity index (χ0n) is 15.8. The molecule has 0 fully saturated rings. The number of aryl methyl sites for hydroxylation is 1. The minimum Gasteiger partial charge on any atom is -0.457 e. The average Bonchev–Trinajstić information content (AvgIpc) is 2.63. The van der Waals surface area contributed by atoms with Crippen LogP contribution in [0.15, 0.2) is 66.9 Å². The van der Waals surface area contributed by atoms with E-state index in [9.17, 15) is 4.79 Å². The maximum atomic E-state index is 11.1. The third-order valence-corrected chi connectivity index (χ3v) is 3.84. The van der Waals surface area contributed by atoms with Gasteiger partial charge in [-0.2, -0.15) is 0 Å². The lowest BCUT2D eigenvalue weighted by atomic mass is 10.1. The number of benzene rings is 2. The molecule has 27 heavy (non-hydrogen) atoms. The van der Waals surface area contributed by atoms with E-state index in [0.717, 1.165) is 22.7 Å². The van der Waals surface area contributed by atoms with E-state index in [1.807, 2.05) is 43.3 Å². The summed E-state index contributed by atoms with van der Waals surface area (Å²) in [6.45, 7) is 6.03. The molecule has 3 aromatic rings. The zero-order valence-corrected chi connectivity index (χ0v) is 15.8. The largest absolute Gasteiger partial charge is 0.457 e. The van der Waals surface area contributed by atoms with Crippen molar-refractivity contribution in [2.75, 3.05) is 5.73 Å². The Balaban J connectivity index is 0.000000223. The molecule has 5 nitrogen and oxygen atoms in total. The average molecular weight is 363 g/mol. The van der Waals surface area contributed by atoms with Gasteiger partial charge in [0.05, 0.1) is 0 Å². The highest BCUT2D eigenvalue weighted by Gasteiger charge is 2.06. The molecule has 0 aliphatic carbocycles. The summed E-state index contributed by atoms with van der Waals surface area (Å²) in [5.41, 5.74) is 14.0. The standard InChI is InChI=1S/C14H13NO2.C8H12N2/c1-10-9-12(7-8-13(10)14(15)16)17-11-5-3-2-4-6-11;1-6(2)8-5-7(9)3-4-10-8/h2-9H,1H3,(H2,15,16);3-6H,1-2H3,(H2,9,10). The van der Waals surface area contributed by atoms with Crippen LogP contribution in [0.3, 0.4) is 0 Å². The predicted molar refractivity (Wildman–Crippen MR) is 109 cm³/mol. The van der Waals surface area contributed by atoms with E-state index < -0.39 is 5.91 Å². The molecule has 0 unspecified atom stereocenters. The number of pyridine rings is 1. The molecule has 2 aromatic carbocycles. The van der Waals surface area contributed by atoms with Crippen LogP contribution in [0.25, 0.3) is 0 Å². The van der Waals surface area contributed by atoms with Crippen molar-refractivity contribution in [2.45, 2.75) is 26.7 Å². The van der Waals surface area contributed by atoms with Gasteiger partial charge in [0.15, 0.2) is 0 Å². The number of hydrogen-bond acceptors (Lipinski definition) is 4. The number of carbonyl (C=O) groups excluding carboxylic acids is 1. The van der Waals surface area contributed by atoms with Gasteiger partial charge in [0, 0.05) is 23.1 Å². The summed E-state index contributed by atoms with van der Waals surface area (Å²) >= 11 is 0. The molecular formula is C22H25N3O2. The van der Waals surface area contributed by atoms with Crippen molar-refractivity contribution in [3.05, 3.63) is 83.7 Å². The van der Waals surface area contributed by atoms with E-state index in [-0.39, 0.29) is 0 Å². The van der Waals surface area contributed by atoms with Crippen LogP contribution in [0.4, 0.5) is 5.69 Å². The van der Waals surface area contributed by atoms with Crippen molar-refractivity contribution >= 4 is 11.6 Å². The van der Waals surface area contributed by atoms with E-state index in [0.29, 0.717) is 17.2 Å². The number of anilines is 1. The minimum absolute atomic E-state index is 0.422. The van der Waals surface area contributed by atoms with Crippen molar-refractivity contribution in [3.8, 4) is 11.5 Å². The second-order valence-corrected chi connectivity index (χ2v) is 6.42. The van der Waals surface area contributed by atoms with E-state index in [1.165, 1.54) is 0 Å². The van der Waals surface area contributed by atoms with Gasteiger partial charge >= 0.3 is 0 Å². The third kappa shape index (κ3) is 6.15. The lowest BCUT2D eigenvalue weighted by molar-refractivity contribution is 0.0999. The van der Waals surface area contributed by atoms with Crippen LogP contribution in [0.2, 0.25) is 0 Å². The van der Waals surface area contributed by atoms with Gasteiger partial charge in [-0.15, -0.1) is 0 Å². The Morgan fingerprint density at radius 3 is 2.22 bits per heavy atom. The quantitative estimate of drug-likeness (QED) is 0.704. The number of nitrogens with zero attached hydrogens (tertiary/aromatic N) is 1. The van der Waals surface area contributed by atoms with Crippen LogP contribution in [0.5, 0.6) is 11.5 Å². The van der Waals surface area contributed by atoms with E-state index in [4.69, 9.17) is 16.2 Å². The van der Waals surface area contributed by atoms with Gasteiger partial charge in [-0.05, 0) is 60.9 Å². The fourth-order valence-electron chi connectivity index (χ4n) is 2.38. The Labute approximate surface area is 160 Å². The summed E-state index contributed by atoms with van der Waals surface area (Å²) in [7, 11) is 0. The number of primary amides is 1. The predicted octanol–water partition coefficient (Wildman–Crippen LogP) is 4.67. The summed E-state index contributed by atoms with van der Waals surface area (Å²) in [6.07, 6.45) is 1.74. The van der Waals surface area contributed by atoms with Crippen LogP contribution in [-0.4, -0.2) is 10.9 Å². The van der Waals surface area contributed by atoms with Gasteiger partial charge in [0.2, 0.25) is 5.91 Å². The van der Waals surface area contributed by atoms with E-state index >= 15 is 0 Å². The van der Waals surface area contributed by atoms with Gasteiger partial charge in [0.25, 0.3) is 0 Å². The van der Waals surface area contributed by atoms with Crippen LogP contribution in [0, 0.1) is 6.92 Å². The third-order valence-electron chi connectivity index (χ3n) is 3.84. The van der Waals surface area contributed by atoms with Gasteiger partial charge in [-0.25, -0.2) is 0 Å². The molecule has 0 atom stereocenters. The number of para-hydroxylation sites is 1. The number of nitrogen functional groups attached to an aromatic ring is 1. The summed E-state index contributed by atoms with van der Waals surface area (Å²) in [4.78, 5) is 15.2. The number of hydrogen-bond donors (Lipinski definition) is 2. The highest BCUT2D eigenvalue weighted by atomic mass is 16.5. The van der Waals surface area contributed by atoms with Gasteiger partial charge in [0.1, 0.15) is 11.5 Å². The molecule has 0 aliphatic rings. The molecule has 3 rings (SSSR count).